The van der Waals surface area contributed by atoms with Crippen LogP contribution in [0.5, 0.6) is 0 Å². The van der Waals surface area contributed by atoms with E-state index in [0.29, 0.717) is 31.3 Å². The van der Waals surface area contributed by atoms with E-state index in [9.17, 15) is 4.79 Å². The van der Waals surface area contributed by atoms with Gasteiger partial charge in [0.2, 0.25) is 5.82 Å². The molecule has 1 atom stereocenters. The van der Waals surface area contributed by atoms with Gasteiger partial charge in [0.1, 0.15) is 0 Å². The summed E-state index contributed by atoms with van der Waals surface area (Å²) in [6.45, 7) is 5.79. The van der Waals surface area contributed by atoms with Gasteiger partial charge in [-0.05, 0) is 18.4 Å². The fourth-order valence-corrected chi connectivity index (χ4v) is 2.26. The zero-order chi connectivity index (χ0) is 16.7. The fraction of sp³-hybridized carbons (Fsp3) is 0.471. The summed E-state index contributed by atoms with van der Waals surface area (Å²) in [7, 11) is 1.94. The standard InChI is InChI=1S/C17H24N4O2/c1-4-10-18-15(22)11-21(3)12-16-19-17(20-23-16)14-8-6-13(5-2)7-9-14/h6-9H,4-5,10-12H2,1-3H3,(H,18,22)/p+1. The van der Waals surface area contributed by atoms with Crippen molar-refractivity contribution < 1.29 is 14.2 Å². The number of nitrogens with zero attached hydrogens (tertiary/aromatic N) is 2. The molecule has 6 nitrogen and oxygen atoms in total. The zero-order valence-corrected chi connectivity index (χ0v) is 14.1. The molecule has 2 aromatic rings. The van der Waals surface area contributed by atoms with E-state index in [1.807, 2.05) is 26.1 Å². The van der Waals surface area contributed by atoms with Crippen molar-refractivity contribution in [1.29, 1.82) is 0 Å². The number of carbonyl (C=O) groups is 1. The van der Waals surface area contributed by atoms with Gasteiger partial charge < -0.3 is 14.7 Å². The van der Waals surface area contributed by atoms with Crippen LogP contribution in [-0.4, -0.2) is 36.2 Å². The summed E-state index contributed by atoms with van der Waals surface area (Å²) in [6, 6.07) is 8.14. The maximum Gasteiger partial charge on any atom is 0.282 e. The highest BCUT2D eigenvalue weighted by atomic mass is 16.5. The molecule has 0 bridgehead atoms. The molecular formula is C17H25N4O2+. The predicted molar refractivity (Wildman–Crippen MR) is 87.9 cm³/mol. The van der Waals surface area contributed by atoms with E-state index in [4.69, 9.17) is 4.52 Å². The second-order valence-electron chi connectivity index (χ2n) is 5.72. The Hall–Kier alpha value is -2.21. The van der Waals surface area contributed by atoms with Crippen LogP contribution in [0.15, 0.2) is 28.8 Å². The summed E-state index contributed by atoms with van der Waals surface area (Å²) in [6.07, 6.45) is 1.95. The van der Waals surface area contributed by atoms with Crippen LogP contribution in [0.1, 0.15) is 31.7 Å². The van der Waals surface area contributed by atoms with Crippen molar-refractivity contribution in [3.8, 4) is 11.4 Å². The molecule has 0 aliphatic carbocycles. The first kappa shape index (κ1) is 17.1. The number of carbonyl (C=O) groups excluding carboxylic acids is 1. The van der Waals surface area contributed by atoms with E-state index >= 15 is 0 Å². The molecule has 1 aromatic carbocycles. The largest absolute Gasteiger partial charge is 0.351 e. The molecule has 0 saturated carbocycles. The monoisotopic (exact) mass is 317 g/mol. The third kappa shape index (κ3) is 5.17. The summed E-state index contributed by atoms with van der Waals surface area (Å²) < 4.78 is 5.30. The summed E-state index contributed by atoms with van der Waals surface area (Å²) in [5.41, 5.74) is 2.22. The van der Waals surface area contributed by atoms with Crippen LogP contribution in [-0.2, 0) is 17.8 Å². The molecule has 0 aliphatic rings. The number of rotatable bonds is 8. The molecule has 1 unspecified atom stereocenters. The number of amides is 1. The minimum atomic E-state index is 0.0410. The van der Waals surface area contributed by atoms with E-state index in [0.717, 1.165) is 23.3 Å². The Labute approximate surface area is 136 Å². The van der Waals surface area contributed by atoms with E-state index in [2.05, 4.69) is 34.5 Å². The van der Waals surface area contributed by atoms with Gasteiger partial charge in [0.25, 0.3) is 11.8 Å². The van der Waals surface area contributed by atoms with Crippen LogP contribution < -0.4 is 10.2 Å². The molecule has 2 N–H and O–H groups in total. The quantitative estimate of drug-likeness (QED) is 0.757. The Morgan fingerprint density at radius 1 is 1.26 bits per heavy atom. The van der Waals surface area contributed by atoms with Crippen LogP contribution in [0.25, 0.3) is 11.4 Å². The molecule has 23 heavy (non-hydrogen) atoms. The highest BCUT2D eigenvalue weighted by molar-refractivity contribution is 5.76. The molecule has 2 rings (SSSR count). The first-order chi connectivity index (χ1) is 11.1. The Morgan fingerprint density at radius 2 is 2.00 bits per heavy atom. The van der Waals surface area contributed by atoms with Crippen molar-refractivity contribution in [3.63, 3.8) is 0 Å². The van der Waals surface area contributed by atoms with Crippen LogP contribution in [0.3, 0.4) is 0 Å². The lowest BCUT2D eigenvalue weighted by Crippen LogP contribution is -3.09. The molecule has 6 heteroatoms. The fourth-order valence-electron chi connectivity index (χ4n) is 2.26. The Morgan fingerprint density at radius 3 is 2.65 bits per heavy atom. The number of quaternary nitrogens is 1. The topological polar surface area (TPSA) is 72.5 Å². The molecule has 0 spiro atoms. The zero-order valence-electron chi connectivity index (χ0n) is 14.1. The maximum absolute atomic E-state index is 11.7. The number of likely N-dealkylation sites (N-methyl/N-ethyl adjacent to an activating group) is 1. The van der Waals surface area contributed by atoms with E-state index in [1.165, 1.54) is 5.56 Å². The molecule has 0 radical (unpaired) electrons. The van der Waals surface area contributed by atoms with Crippen LogP contribution >= 0.6 is 0 Å². The van der Waals surface area contributed by atoms with Gasteiger partial charge in [-0.1, -0.05) is 43.3 Å². The van der Waals surface area contributed by atoms with Gasteiger partial charge in [0.05, 0.1) is 7.05 Å². The van der Waals surface area contributed by atoms with Crippen molar-refractivity contribution >= 4 is 5.91 Å². The Kier molecular flexibility index (Phi) is 6.29. The van der Waals surface area contributed by atoms with Crippen molar-refractivity contribution in [1.82, 2.24) is 15.5 Å². The SMILES string of the molecule is CCCNC(=O)C[NH+](C)Cc1nc(-c2ccc(CC)cc2)no1. The molecular weight excluding hydrogens is 292 g/mol. The van der Waals surface area contributed by atoms with Gasteiger partial charge in [0.15, 0.2) is 13.1 Å². The number of benzene rings is 1. The summed E-state index contributed by atoms with van der Waals surface area (Å²) in [5, 5.41) is 6.89. The summed E-state index contributed by atoms with van der Waals surface area (Å²) >= 11 is 0. The van der Waals surface area contributed by atoms with Gasteiger partial charge in [0, 0.05) is 12.1 Å². The van der Waals surface area contributed by atoms with Crippen molar-refractivity contribution in [2.45, 2.75) is 33.2 Å². The van der Waals surface area contributed by atoms with Gasteiger partial charge in [-0.15, -0.1) is 0 Å². The minimum Gasteiger partial charge on any atom is -0.351 e. The lowest BCUT2D eigenvalue weighted by Gasteiger charge is -2.10. The van der Waals surface area contributed by atoms with Crippen LogP contribution in [0, 0.1) is 0 Å². The Bertz CT molecular complexity index is 622. The second kappa shape index (κ2) is 8.43. The van der Waals surface area contributed by atoms with E-state index in [1.54, 1.807) is 0 Å². The number of hydrogen-bond acceptors (Lipinski definition) is 4. The molecule has 0 aliphatic heterocycles. The van der Waals surface area contributed by atoms with Gasteiger partial charge in [-0.3, -0.25) is 4.79 Å². The van der Waals surface area contributed by atoms with Gasteiger partial charge in [-0.2, -0.15) is 4.98 Å². The molecule has 1 heterocycles. The predicted octanol–water partition coefficient (Wildman–Crippen LogP) is 0.840. The normalized spacial score (nSPS) is 12.1. The average Bonchev–Trinajstić information content (AvgIpc) is 3.01. The lowest BCUT2D eigenvalue weighted by atomic mass is 10.1. The van der Waals surface area contributed by atoms with E-state index in [-0.39, 0.29) is 5.91 Å². The molecule has 1 aromatic heterocycles. The summed E-state index contributed by atoms with van der Waals surface area (Å²) in [5.74, 6) is 1.17. The second-order valence-corrected chi connectivity index (χ2v) is 5.72. The number of aryl methyl sites for hydroxylation is 1. The third-order valence-corrected chi connectivity index (χ3v) is 3.58. The highest BCUT2D eigenvalue weighted by Gasteiger charge is 2.15. The van der Waals surface area contributed by atoms with Gasteiger partial charge >= 0.3 is 0 Å². The van der Waals surface area contributed by atoms with Crippen molar-refractivity contribution in [2.75, 3.05) is 20.1 Å². The number of aromatic nitrogens is 2. The first-order valence-corrected chi connectivity index (χ1v) is 8.12. The first-order valence-electron chi connectivity index (χ1n) is 8.12. The Balaban J connectivity index is 1.92. The smallest absolute Gasteiger partial charge is 0.282 e. The van der Waals surface area contributed by atoms with Crippen molar-refractivity contribution in [2.24, 2.45) is 0 Å². The molecule has 1 amide bonds. The van der Waals surface area contributed by atoms with E-state index < -0.39 is 0 Å². The minimum absolute atomic E-state index is 0.0410. The van der Waals surface area contributed by atoms with Crippen LogP contribution in [0.2, 0.25) is 0 Å². The molecule has 0 fully saturated rings. The summed E-state index contributed by atoms with van der Waals surface area (Å²) in [4.78, 5) is 17.1. The average molecular weight is 317 g/mol. The lowest BCUT2D eigenvalue weighted by molar-refractivity contribution is -0.886. The van der Waals surface area contributed by atoms with Crippen molar-refractivity contribution in [3.05, 3.63) is 35.7 Å². The number of nitrogens with one attached hydrogen (secondary N) is 2. The molecule has 124 valence electrons. The maximum atomic E-state index is 11.7. The van der Waals surface area contributed by atoms with Gasteiger partial charge in [-0.25, -0.2) is 0 Å². The van der Waals surface area contributed by atoms with Crippen LogP contribution in [0.4, 0.5) is 0 Å². The highest BCUT2D eigenvalue weighted by Crippen LogP contribution is 2.16. The molecule has 0 saturated heterocycles. The number of hydrogen-bond donors (Lipinski definition) is 2. The third-order valence-electron chi connectivity index (χ3n) is 3.58.